The molecule has 0 aromatic heterocycles. The lowest BCUT2D eigenvalue weighted by Gasteiger charge is -2.23. The van der Waals surface area contributed by atoms with E-state index in [4.69, 9.17) is 4.74 Å². The number of hydrogen-bond donors (Lipinski definition) is 2. The molecule has 82 valence electrons. The van der Waals surface area contributed by atoms with Crippen LogP contribution in [0.15, 0.2) is 0 Å². The molecule has 1 aliphatic heterocycles. The number of aliphatic hydroxyl groups is 1. The van der Waals surface area contributed by atoms with Gasteiger partial charge in [-0.1, -0.05) is 0 Å². The minimum Gasteiger partial charge on any atom is -0.444 e. The zero-order valence-electron chi connectivity index (χ0n) is 8.99. The van der Waals surface area contributed by atoms with Crippen LogP contribution in [-0.2, 0) is 4.74 Å². The smallest absolute Gasteiger partial charge is 0.410 e. The average molecular weight is 203 g/mol. The van der Waals surface area contributed by atoms with Crippen molar-refractivity contribution in [2.75, 3.05) is 13.1 Å². The number of carbonyl (C=O) groups excluding carboxylic acids is 1. The van der Waals surface area contributed by atoms with Crippen molar-refractivity contribution >= 4 is 6.09 Å². The maximum Gasteiger partial charge on any atom is 0.410 e. The van der Waals surface area contributed by atoms with Crippen molar-refractivity contribution in [1.29, 1.82) is 0 Å². The van der Waals surface area contributed by atoms with Crippen LogP contribution in [0.3, 0.4) is 0 Å². The number of likely N-dealkylation sites (tertiary alicyclic amines) is 1. The molecule has 0 aromatic rings. The van der Waals surface area contributed by atoms with Crippen LogP contribution < -0.4 is 5.73 Å². The first-order valence-electron chi connectivity index (χ1n) is 4.78. The molecule has 2 atom stereocenters. The third-order valence-corrected chi connectivity index (χ3v) is 2.06. The number of β-amino-alcohol motifs (C(OH)–C–C–N with tert-alkyl or cyclic N) is 1. The molecule has 0 aliphatic carbocycles. The Labute approximate surface area is 83.8 Å². The summed E-state index contributed by atoms with van der Waals surface area (Å²) in [6.45, 7) is 6.25. The van der Waals surface area contributed by atoms with Crippen LogP contribution >= 0.6 is 0 Å². The lowest BCUT2D eigenvalue weighted by Crippen LogP contribution is -2.66. The van der Waals surface area contributed by atoms with Gasteiger partial charge in [0.1, 0.15) is 17.7 Å². The number of carbonyl (C=O) groups is 1. The van der Waals surface area contributed by atoms with Gasteiger partial charge >= 0.3 is 6.09 Å². The van der Waals surface area contributed by atoms with Gasteiger partial charge in [-0.05, 0) is 20.8 Å². The molecule has 1 heterocycles. The molecule has 0 unspecified atom stereocenters. The quantitative estimate of drug-likeness (QED) is 0.541. The molecule has 0 aromatic carbocycles. The number of rotatable bonds is 0. The third-order valence-electron chi connectivity index (χ3n) is 2.06. The second-order valence-electron chi connectivity index (χ2n) is 4.71. The zero-order chi connectivity index (χ0) is 10.9. The van der Waals surface area contributed by atoms with E-state index in [2.05, 4.69) is 5.73 Å². The molecule has 1 fully saturated rings. The molecule has 1 saturated heterocycles. The van der Waals surface area contributed by atoms with E-state index in [-0.39, 0.29) is 12.1 Å². The summed E-state index contributed by atoms with van der Waals surface area (Å²) in [4.78, 5) is 13.0. The lowest BCUT2D eigenvalue weighted by atomic mass is 10.2. The lowest BCUT2D eigenvalue weighted by molar-refractivity contribution is -0.428. The van der Waals surface area contributed by atoms with Gasteiger partial charge in [0, 0.05) is 0 Å². The Hall–Kier alpha value is -0.810. The standard InChI is InChI=1S/C9H18N2O3/c1-9(2,3)14-8(13)11-4-6(10)7(12)5-11/h6-7,12H,4-5,10H2,1-3H3/p+1/t6-,7+/m1/s1. The van der Waals surface area contributed by atoms with Gasteiger partial charge in [0.05, 0.1) is 13.1 Å². The van der Waals surface area contributed by atoms with E-state index in [9.17, 15) is 9.90 Å². The first kappa shape index (κ1) is 11.3. The molecular weight excluding hydrogens is 184 g/mol. The van der Waals surface area contributed by atoms with Crippen LogP contribution in [0.1, 0.15) is 20.8 Å². The van der Waals surface area contributed by atoms with E-state index in [0.29, 0.717) is 13.1 Å². The second kappa shape index (κ2) is 3.74. The van der Waals surface area contributed by atoms with Crippen LogP contribution in [0.2, 0.25) is 0 Å². The molecule has 0 bridgehead atoms. The monoisotopic (exact) mass is 203 g/mol. The largest absolute Gasteiger partial charge is 0.444 e. The number of ether oxygens (including phenoxy) is 1. The van der Waals surface area contributed by atoms with Crippen molar-refractivity contribution in [3.63, 3.8) is 0 Å². The fourth-order valence-electron chi connectivity index (χ4n) is 1.33. The highest BCUT2D eigenvalue weighted by molar-refractivity contribution is 5.68. The summed E-state index contributed by atoms with van der Waals surface area (Å²) in [6, 6.07) is -0.109. The van der Waals surface area contributed by atoms with E-state index in [1.165, 1.54) is 4.90 Å². The SMILES string of the molecule is CC(C)(C)OC(=O)N1C[C@@H]([NH3+])[C@@H](O)C1. The molecule has 5 heteroatoms. The van der Waals surface area contributed by atoms with Gasteiger partial charge in [0.25, 0.3) is 0 Å². The van der Waals surface area contributed by atoms with E-state index in [1.807, 2.05) is 20.8 Å². The Morgan fingerprint density at radius 2 is 2.07 bits per heavy atom. The first-order valence-corrected chi connectivity index (χ1v) is 4.78. The van der Waals surface area contributed by atoms with E-state index < -0.39 is 11.7 Å². The summed E-state index contributed by atoms with van der Waals surface area (Å²) in [6.07, 6.45) is -0.898. The first-order chi connectivity index (χ1) is 6.29. The Morgan fingerprint density at radius 1 is 1.50 bits per heavy atom. The van der Waals surface area contributed by atoms with Crippen LogP contribution in [0, 0.1) is 0 Å². The van der Waals surface area contributed by atoms with Crippen molar-refractivity contribution in [2.24, 2.45) is 0 Å². The summed E-state index contributed by atoms with van der Waals surface area (Å²) in [5.41, 5.74) is 3.26. The zero-order valence-corrected chi connectivity index (χ0v) is 8.99. The van der Waals surface area contributed by atoms with Crippen molar-refractivity contribution in [1.82, 2.24) is 4.90 Å². The second-order valence-corrected chi connectivity index (χ2v) is 4.71. The number of aliphatic hydroxyl groups excluding tert-OH is 1. The van der Waals surface area contributed by atoms with Crippen LogP contribution in [0.4, 0.5) is 4.79 Å². The maximum absolute atomic E-state index is 11.5. The molecule has 1 rings (SSSR count). The maximum atomic E-state index is 11.5. The molecule has 1 aliphatic rings. The highest BCUT2D eigenvalue weighted by Crippen LogP contribution is 2.13. The minimum atomic E-state index is -0.525. The predicted octanol–water partition coefficient (Wildman–Crippen LogP) is -0.791. The fourth-order valence-corrected chi connectivity index (χ4v) is 1.33. The van der Waals surface area contributed by atoms with Gasteiger partial charge in [-0.15, -0.1) is 0 Å². The Morgan fingerprint density at radius 3 is 2.43 bits per heavy atom. The fraction of sp³-hybridized carbons (Fsp3) is 0.889. The number of quaternary nitrogens is 1. The van der Waals surface area contributed by atoms with Crippen molar-refractivity contribution in [3.05, 3.63) is 0 Å². The summed E-state index contributed by atoms with van der Waals surface area (Å²) in [7, 11) is 0. The molecule has 4 N–H and O–H groups in total. The summed E-state index contributed by atoms with van der Waals surface area (Å²) in [5.74, 6) is 0. The highest BCUT2D eigenvalue weighted by atomic mass is 16.6. The Bertz CT molecular complexity index is 215. The van der Waals surface area contributed by atoms with Crippen molar-refractivity contribution < 1.29 is 20.4 Å². The van der Waals surface area contributed by atoms with E-state index >= 15 is 0 Å². The molecule has 14 heavy (non-hydrogen) atoms. The molecule has 1 amide bonds. The Kier molecular flexibility index (Phi) is 3.01. The molecular formula is C9H19N2O3+. The predicted molar refractivity (Wildman–Crippen MR) is 50.5 cm³/mol. The molecule has 5 nitrogen and oxygen atoms in total. The van der Waals surface area contributed by atoms with Gasteiger partial charge in [0.2, 0.25) is 0 Å². The topological polar surface area (TPSA) is 77.4 Å². The Balaban J connectivity index is 2.48. The number of amides is 1. The summed E-state index contributed by atoms with van der Waals surface area (Å²) >= 11 is 0. The average Bonchev–Trinajstić information content (AvgIpc) is 2.28. The third kappa shape index (κ3) is 2.85. The highest BCUT2D eigenvalue weighted by Gasteiger charge is 2.36. The van der Waals surface area contributed by atoms with Gasteiger partial charge in [-0.25, -0.2) is 4.79 Å². The van der Waals surface area contributed by atoms with Crippen molar-refractivity contribution in [3.8, 4) is 0 Å². The van der Waals surface area contributed by atoms with Crippen LogP contribution in [0.5, 0.6) is 0 Å². The normalized spacial score (nSPS) is 27.9. The summed E-state index contributed by atoms with van der Waals surface area (Å²) in [5, 5.41) is 9.40. The van der Waals surface area contributed by atoms with Gasteiger partial charge < -0.3 is 15.6 Å². The molecule has 0 saturated carbocycles. The van der Waals surface area contributed by atoms with Crippen LogP contribution in [-0.4, -0.2) is 46.9 Å². The van der Waals surface area contributed by atoms with Crippen LogP contribution in [0.25, 0.3) is 0 Å². The van der Waals surface area contributed by atoms with Gasteiger partial charge in [0.15, 0.2) is 0 Å². The molecule has 0 spiro atoms. The number of hydrogen-bond acceptors (Lipinski definition) is 3. The van der Waals surface area contributed by atoms with E-state index in [0.717, 1.165) is 0 Å². The van der Waals surface area contributed by atoms with Gasteiger partial charge in [-0.2, -0.15) is 0 Å². The minimum absolute atomic E-state index is 0.109. The van der Waals surface area contributed by atoms with Crippen molar-refractivity contribution in [2.45, 2.75) is 38.5 Å². The van der Waals surface area contributed by atoms with Gasteiger partial charge in [-0.3, -0.25) is 4.90 Å². The number of nitrogens with zero attached hydrogens (tertiary/aromatic N) is 1. The summed E-state index contributed by atoms with van der Waals surface area (Å²) < 4.78 is 5.17. The van der Waals surface area contributed by atoms with E-state index in [1.54, 1.807) is 0 Å². The molecule has 0 radical (unpaired) electrons.